The van der Waals surface area contributed by atoms with Crippen LogP contribution in [0, 0.1) is 6.92 Å². The number of aromatic nitrogens is 4. The van der Waals surface area contributed by atoms with Gasteiger partial charge >= 0.3 is 4.87 Å². The van der Waals surface area contributed by atoms with Gasteiger partial charge in [-0.1, -0.05) is 29.5 Å². The molecule has 3 aromatic heterocycles. The molecule has 5 aromatic rings. The first-order chi connectivity index (χ1) is 19.3. The highest BCUT2D eigenvalue weighted by molar-refractivity contribution is 7.89. The molecule has 1 saturated heterocycles. The van der Waals surface area contributed by atoms with E-state index < -0.39 is 10.0 Å². The fraction of sp³-hybridized carbons (Fsp3) is 0.286. The van der Waals surface area contributed by atoms with E-state index in [1.807, 2.05) is 37.4 Å². The van der Waals surface area contributed by atoms with E-state index in [0.717, 1.165) is 51.4 Å². The van der Waals surface area contributed by atoms with Gasteiger partial charge in [-0.2, -0.15) is 4.31 Å². The lowest BCUT2D eigenvalue weighted by Crippen LogP contribution is -2.50. The van der Waals surface area contributed by atoms with Crippen LogP contribution in [-0.2, 0) is 10.0 Å². The molecule has 0 radical (unpaired) electrons. The third-order valence-electron chi connectivity index (χ3n) is 7.16. The fourth-order valence-electron chi connectivity index (χ4n) is 5.12. The number of thiazole rings is 1. The van der Waals surface area contributed by atoms with Crippen molar-refractivity contribution in [3.63, 3.8) is 0 Å². The second-order valence-electron chi connectivity index (χ2n) is 10.0. The second-order valence-corrected chi connectivity index (χ2v) is 13.0. The molecular formula is C28H29N7O3S2. The maximum absolute atomic E-state index is 13.3. The SMILES string of the molecule is Cc1ccc(-c2cccc3c(NC(C)CN4CCN(S(=O)(=O)c5ccc6[nH]c(=O)sc6c5)CC4)ncnc23)cn1. The van der Waals surface area contributed by atoms with E-state index in [1.54, 1.807) is 24.5 Å². The van der Waals surface area contributed by atoms with Gasteiger partial charge < -0.3 is 10.3 Å². The molecule has 1 unspecified atom stereocenters. The molecule has 40 heavy (non-hydrogen) atoms. The number of hydrogen-bond acceptors (Lipinski definition) is 9. The Kier molecular flexibility index (Phi) is 7.09. The molecule has 1 atom stereocenters. The number of piperazine rings is 1. The molecule has 10 nitrogen and oxygen atoms in total. The van der Waals surface area contributed by atoms with E-state index in [2.05, 4.69) is 43.1 Å². The monoisotopic (exact) mass is 575 g/mol. The van der Waals surface area contributed by atoms with Crippen LogP contribution in [-0.4, -0.2) is 76.3 Å². The molecule has 0 bridgehead atoms. The zero-order valence-corrected chi connectivity index (χ0v) is 23.8. The summed E-state index contributed by atoms with van der Waals surface area (Å²) in [6.45, 7) is 6.86. The molecule has 0 saturated carbocycles. The number of para-hydroxylation sites is 1. The number of anilines is 1. The molecule has 1 aliphatic heterocycles. The first-order valence-corrected chi connectivity index (χ1v) is 15.3. The highest BCUT2D eigenvalue weighted by Gasteiger charge is 2.29. The van der Waals surface area contributed by atoms with Crippen molar-refractivity contribution in [2.75, 3.05) is 38.0 Å². The number of benzene rings is 2. The normalized spacial score (nSPS) is 15.9. The molecule has 1 aliphatic rings. The van der Waals surface area contributed by atoms with E-state index in [0.29, 0.717) is 36.4 Å². The van der Waals surface area contributed by atoms with Crippen molar-refractivity contribution >= 4 is 48.3 Å². The van der Waals surface area contributed by atoms with Crippen molar-refractivity contribution in [2.24, 2.45) is 0 Å². The van der Waals surface area contributed by atoms with Crippen molar-refractivity contribution < 1.29 is 8.42 Å². The van der Waals surface area contributed by atoms with Gasteiger partial charge in [-0.25, -0.2) is 18.4 Å². The summed E-state index contributed by atoms with van der Waals surface area (Å²) in [5.41, 5.74) is 4.49. The molecule has 6 rings (SSSR count). The van der Waals surface area contributed by atoms with Crippen LogP contribution >= 0.6 is 11.3 Å². The Balaban J connectivity index is 1.11. The minimum absolute atomic E-state index is 0.0738. The number of rotatable bonds is 7. The number of aromatic amines is 1. The summed E-state index contributed by atoms with van der Waals surface area (Å²) in [7, 11) is -3.64. The van der Waals surface area contributed by atoms with Gasteiger partial charge in [0.25, 0.3) is 0 Å². The maximum Gasteiger partial charge on any atom is 0.305 e. The first-order valence-electron chi connectivity index (χ1n) is 13.1. The van der Waals surface area contributed by atoms with E-state index in [1.165, 1.54) is 4.31 Å². The van der Waals surface area contributed by atoms with Gasteiger partial charge in [-0.05, 0) is 44.2 Å². The Bertz CT molecular complexity index is 1840. The van der Waals surface area contributed by atoms with Crippen LogP contribution < -0.4 is 10.2 Å². The molecular weight excluding hydrogens is 546 g/mol. The van der Waals surface area contributed by atoms with Crippen LogP contribution in [0.2, 0.25) is 0 Å². The van der Waals surface area contributed by atoms with Gasteiger partial charge in [0, 0.05) is 67.2 Å². The van der Waals surface area contributed by atoms with Gasteiger partial charge in [0.1, 0.15) is 12.1 Å². The summed E-state index contributed by atoms with van der Waals surface area (Å²) in [4.78, 5) is 30.1. The maximum atomic E-state index is 13.3. The molecule has 2 aromatic carbocycles. The largest absolute Gasteiger partial charge is 0.366 e. The lowest BCUT2D eigenvalue weighted by atomic mass is 10.0. The van der Waals surface area contributed by atoms with Crippen molar-refractivity contribution in [2.45, 2.75) is 24.8 Å². The van der Waals surface area contributed by atoms with Crippen LogP contribution in [0.15, 0.2) is 70.7 Å². The molecule has 4 heterocycles. The Morgan fingerprint density at radius 3 is 2.65 bits per heavy atom. The molecule has 0 aliphatic carbocycles. The summed E-state index contributed by atoms with van der Waals surface area (Å²) >= 11 is 1.02. The van der Waals surface area contributed by atoms with Crippen molar-refractivity contribution in [3.8, 4) is 11.1 Å². The summed E-state index contributed by atoms with van der Waals surface area (Å²) in [5.74, 6) is 0.767. The average Bonchev–Trinajstić information content (AvgIpc) is 3.33. The zero-order valence-electron chi connectivity index (χ0n) is 22.2. The third kappa shape index (κ3) is 5.22. The molecule has 12 heteroatoms. The average molecular weight is 576 g/mol. The van der Waals surface area contributed by atoms with Gasteiger partial charge in [-0.15, -0.1) is 0 Å². The van der Waals surface area contributed by atoms with E-state index in [4.69, 9.17) is 0 Å². The van der Waals surface area contributed by atoms with Gasteiger partial charge in [0.15, 0.2) is 0 Å². The second kappa shape index (κ2) is 10.7. The number of hydrogen-bond donors (Lipinski definition) is 2. The number of nitrogens with one attached hydrogen (secondary N) is 2. The van der Waals surface area contributed by atoms with Crippen LogP contribution in [0.5, 0.6) is 0 Å². The predicted octanol–water partition coefficient (Wildman–Crippen LogP) is 3.71. The Morgan fingerprint density at radius 2 is 1.88 bits per heavy atom. The summed E-state index contributed by atoms with van der Waals surface area (Å²) in [5, 5.41) is 4.48. The lowest BCUT2D eigenvalue weighted by Gasteiger charge is -2.35. The van der Waals surface area contributed by atoms with Crippen molar-refractivity contribution in [1.29, 1.82) is 0 Å². The lowest BCUT2D eigenvalue weighted by molar-refractivity contribution is 0.184. The predicted molar refractivity (Wildman–Crippen MR) is 158 cm³/mol. The number of sulfonamides is 1. The standard InChI is InChI=1S/C28H29N7O3S2/c1-18-6-7-20(15-29-18)22-4-3-5-23-26(22)30-17-31-27(23)32-19(2)16-34-10-12-35(13-11-34)40(37,38)21-8-9-24-25(14-21)39-28(36)33-24/h3-9,14-15,17,19H,10-13,16H2,1-2H3,(H,33,36)(H,30,31,32). The highest BCUT2D eigenvalue weighted by atomic mass is 32.2. The van der Waals surface area contributed by atoms with E-state index >= 15 is 0 Å². The zero-order chi connectivity index (χ0) is 27.9. The smallest absolute Gasteiger partial charge is 0.305 e. The van der Waals surface area contributed by atoms with Crippen LogP contribution in [0.1, 0.15) is 12.6 Å². The van der Waals surface area contributed by atoms with Gasteiger partial charge in [-0.3, -0.25) is 14.7 Å². The topological polar surface area (TPSA) is 124 Å². The fourth-order valence-corrected chi connectivity index (χ4v) is 7.42. The highest BCUT2D eigenvalue weighted by Crippen LogP contribution is 2.30. The number of nitrogens with zero attached hydrogens (tertiary/aromatic N) is 5. The van der Waals surface area contributed by atoms with E-state index in [9.17, 15) is 13.2 Å². The molecule has 206 valence electrons. The number of pyridine rings is 1. The Labute approximate surface area is 235 Å². The van der Waals surface area contributed by atoms with Gasteiger partial charge in [0.05, 0.1) is 20.6 Å². The molecule has 0 spiro atoms. The van der Waals surface area contributed by atoms with Gasteiger partial charge in [0.2, 0.25) is 10.0 Å². The Hall–Kier alpha value is -3.71. The molecule has 2 N–H and O–H groups in total. The molecule has 1 fully saturated rings. The van der Waals surface area contributed by atoms with Crippen LogP contribution in [0.3, 0.4) is 0 Å². The first kappa shape index (κ1) is 26.5. The summed E-state index contributed by atoms with van der Waals surface area (Å²) in [6.07, 6.45) is 3.44. The minimum Gasteiger partial charge on any atom is -0.366 e. The van der Waals surface area contributed by atoms with Crippen LogP contribution in [0.25, 0.3) is 32.2 Å². The number of H-pyrrole nitrogens is 1. The Morgan fingerprint density at radius 1 is 1.05 bits per heavy atom. The summed E-state index contributed by atoms with van der Waals surface area (Å²) < 4.78 is 28.7. The summed E-state index contributed by atoms with van der Waals surface area (Å²) in [6, 6.07) is 15.0. The van der Waals surface area contributed by atoms with Crippen molar-refractivity contribution in [1.82, 2.24) is 29.1 Å². The van der Waals surface area contributed by atoms with E-state index in [-0.39, 0.29) is 15.8 Å². The van der Waals surface area contributed by atoms with Crippen molar-refractivity contribution in [3.05, 3.63) is 76.4 Å². The quantitative estimate of drug-likeness (QED) is 0.301. The minimum atomic E-state index is -3.64. The number of aryl methyl sites for hydroxylation is 1. The third-order valence-corrected chi connectivity index (χ3v) is 9.90. The van der Waals surface area contributed by atoms with Crippen LogP contribution in [0.4, 0.5) is 5.82 Å². The number of fused-ring (bicyclic) bond motifs is 2. The molecule has 0 amide bonds.